The molecule has 2 aliphatic rings. The third-order valence-corrected chi connectivity index (χ3v) is 7.66. The molecule has 0 unspecified atom stereocenters. The van der Waals surface area contributed by atoms with Crippen LogP contribution in [0.3, 0.4) is 0 Å². The number of carbonyl (C=O) groups is 2. The van der Waals surface area contributed by atoms with E-state index in [1.165, 1.54) is 0 Å². The Kier molecular flexibility index (Phi) is 8.99. The fourth-order valence-corrected chi connectivity index (χ4v) is 5.16. The smallest absolute Gasteiger partial charge is 0.323 e. The number of rotatable bonds is 7. The first-order valence-electron chi connectivity index (χ1n) is 13.2. The molecule has 3 aromatic rings. The van der Waals surface area contributed by atoms with Crippen LogP contribution in [0.2, 0.25) is 0 Å². The van der Waals surface area contributed by atoms with Crippen molar-refractivity contribution in [2.24, 2.45) is 0 Å². The van der Waals surface area contributed by atoms with Crippen molar-refractivity contribution in [2.75, 3.05) is 81.4 Å². The van der Waals surface area contributed by atoms with Gasteiger partial charge in [-0.25, -0.2) is 19.1 Å². The summed E-state index contributed by atoms with van der Waals surface area (Å²) in [7, 11) is 1.55. The van der Waals surface area contributed by atoms with E-state index in [1.54, 1.807) is 31.2 Å². The average molecular weight is 564 g/mol. The van der Waals surface area contributed by atoms with E-state index >= 15 is 0 Å². The maximum absolute atomic E-state index is 13.8. The molecule has 2 aliphatic heterocycles. The largest absolute Gasteiger partial charge is 0.491 e. The Balaban J connectivity index is 1.42. The van der Waals surface area contributed by atoms with Gasteiger partial charge in [-0.3, -0.25) is 4.79 Å². The summed E-state index contributed by atoms with van der Waals surface area (Å²) in [6.07, 6.45) is 2.04. The summed E-state index contributed by atoms with van der Waals surface area (Å²) in [5.41, 5.74) is 2.27. The predicted molar refractivity (Wildman–Crippen MR) is 157 cm³/mol. The Labute approximate surface area is 238 Å². The van der Waals surface area contributed by atoms with Crippen LogP contribution >= 0.6 is 11.9 Å². The molecule has 210 valence electrons. The molecular formula is C28H33N7O4S. The number of nitrogens with one attached hydrogen (secondary N) is 2. The summed E-state index contributed by atoms with van der Waals surface area (Å²) in [6.45, 7) is 5.19. The molecule has 5 rings (SSSR count). The number of benzene rings is 2. The second-order valence-corrected chi connectivity index (χ2v) is 10.2. The van der Waals surface area contributed by atoms with Gasteiger partial charge in [-0.15, -0.1) is 0 Å². The van der Waals surface area contributed by atoms with Crippen LogP contribution in [0.4, 0.5) is 22.0 Å². The van der Waals surface area contributed by atoms with E-state index < -0.39 is 0 Å². The van der Waals surface area contributed by atoms with Crippen LogP contribution in [0, 0.1) is 0 Å². The van der Waals surface area contributed by atoms with Gasteiger partial charge in [0.2, 0.25) is 0 Å². The van der Waals surface area contributed by atoms with Crippen molar-refractivity contribution in [3.63, 3.8) is 0 Å². The van der Waals surface area contributed by atoms with Gasteiger partial charge < -0.3 is 29.9 Å². The molecule has 2 N–H and O–H groups in total. The van der Waals surface area contributed by atoms with Crippen molar-refractivity contribution in [1.29, 1.82) is 0 Å². The van der Waals surface area contributed by atoms with E-state index in [2.05, 4.69) is 19.8 Å². The maximum atomic E-state index is 13.8. The lowest BCUT2D eigenvalue weighted by Gasteiger charge is -2.34. The van der Waals surface area contributed by atoms with Crippen LogP contribution in [-0.4, -0.2) is 97.0 Å². The third kappa shape index (κ3) is 6.46. The molecule has 40 heavy (non-hydrogen) atoms. The highest BCUT2D eigenvalue weighted by Crippen LogP contribution is 2.34. The second kappa shape index (κ2) is 13.0. The van der Waals surface area contributed by atoms with Crippen molar-refractivity contribution in [3.8, 4) is 17.1 Å². The number of methoxy groups -OCH3 is 1. The van der Waals surface area contributed by atoms with E-state index in [1.807, 2.05) is 53.6 Å². The first-order valence-corrected chi connectivity index (χ1v) is 14.3. The number of aromatic nitrogens is 2. The number of carbonyl (C=O) groups excluding carboxylic acids is 2. The van der Waals surface area contributed by atoms with Crippen molar-refractivity contribution in [3.05, 3.63) is 60.3 Å². The first-order chi connectivity index (χ1) is 19.6. The number of hydrogen-bond acceptors (Lipinski definition) is 9. The van der Waals surface area contributed by atoms with E-state index in [0.717, 1.165) is 13.1 Å². The zero-order valence-corrected chi connectivity index (χ0v) is 23.4. The first kappa shape index (κ1) is 27.7. The molecule has 2 saturated heterocycles. The third-order valence-electron chi connectivity index (χ3n) is 6.78. The van der Waals surface area contributed by atoms with Gasteiger partial charge in [0.15, 0.2) is 23.1 Å². The molecule has 11 nitrogen and oxygen atoms in total. The van der Waals surface area contributed by atoms with Gasteiger partial charge in [0, 0.05) is 56.2 Å². The normalized spacial score (nSPS) is 15.9. The monoisotopic (exact) mass is 563 g/mol. The van der Waals surface area contributed by atoms with E-state index in [9.17, 15) is 9.59 Å². The summed E-state index contributed by atoms with van der Waals surface area (Å²) in [5.74, 6) is 1.19. The molecular weight excluding hydrogens is 530 g/mol. The SMILES string of the molecule is COc1c(C(=O)N2CCN(SC)CC2)nc(-c2ccc(NC(=O)Nc3ccccc3)cc2)nc1N1CCOCC1. The minimum absolute atomic E-state index is 0.174. The van der Waals surface area contributed by atoms with Crippen molar-refractivity contribution in [2.45, 2.75) is 0 Å². The number of nitrogens with zero attached hydrogens (tertiary/aromatic N) is 5. The molecule has 12 heteroatoms. The lowest BCUT2D eigenvalue weighted by molar-refractivity contribution is 0.0694. The molecule has 0 spiro atoms. The topological polar surface area (TPSA) is 112 Å². The van der Waals surface area contributed by atoms with Crippen LogP contribution in [-0.2, 0) is 4.74 Å². The molecule has 3 amide bonds. The number of hydrogen-bond donors (Lipinski definition) is 2. The van der Waals surface area contributed by atoms with Crippen molar-refractivity contribution in [1.82, 2.24) is 19.2 Å². The summed E-state index contributed by atoms with van der Waals surface area (Å²) < 4.78 is 13.5. The highest BCUT2D eigenvalue weighted by atomic mass is 32.2. The number of ether oxygens (including phenoxy) is 2. The molecule has 3 heterocycles. The minimum Gasteiger partial charge on any atom is -0.491 e. The second-order valence-electron chi connectivity index (χ2n) is 9.28. The van der Waals surface area contributed by atoms with Gasteiger partial charge in [0.05, 0.1) is 20.3 Å². The highest BCUT2D eigenvalue weighted by molar-refractivity contribution is 7.96. The highest BCUT2D eigenvalue weighted by Gasteiger charge is 2.30. The van der Waals surface area contributed by atoms with Gasteiger partial charge in [-0.05, 0) is 42.7 Å². The summed E-state index contributed by atoms with van der Waals surface area (Å²) in [6, 6.07) is 16.1. The average Bonchev–Trinajstić information content (AvgIpc) is 3.01. The predicted octanol–water partition coefficient (Wildman–Crippen LogP) is 3.67. The number of urea groups is 1. The summed E-state index contributed by atoms with van der Waals surface area (Å²) in [4.78, 5) is 39.6. The quantitative estimate of drug-likeness (QED) is 0.416. The van der Waals surface area contributed by atoms with Crippen LogP contribution in [0.15, 0.2) is 54.6 Å². The van der Waals surface area contributed by atoms with E-state index in [4.69, 9.17) is 19.4 Å². The number of amides is 3. The lowest BCUT2D eigenvalue weighted by atomic mass is 10.1. The summed E-state index contributed by atoms with van der Waals surface area (Å²) in [5, 5.41) is 5.63. The zero-order chi connectivity index (χ0) is 27.9. The Morgan fingerprint density at radius 2 is 1.52 bits per heavy atom. The van der Waals surface area contributed by atoms with Gasteiger partial charge in [-0.2, -0.15) is 0 Å². The summed E-state index contributed by atoms with van der Waals surface area (Å²) >= 11 is 1.69. The van der Waals surface area contributed by atoms with Crippen molar-refractivity contribution >= 4 is 41.1 Å². The van der Waals surface area contributed by atoms with Crippen molar-refractivity contribution < 1.29 is 19.1 Å². The van der Waals surface area contributed by atoms with Crippen LogP contribution in [0.25, 0.3) is 11.4 Å². The van der Waals surface area contributed by atoms with E-state index in [-0.39, 0.29) is 17.6 Å². The number of morpholine rings is 1. The Morgan fingerprint density at radius 1 is 0.875 bits per heavy atom. The number of para-hydroxylation sites is 1. The van der Waals surface area contributed by atoms with Gasteiger partial charge >= 0.3 is 6.03 Å². The number of piperazine rings is 1. The number of anilines is 3. The molecule has 0 radical (unpaired) electrons. The minimum atomic E-state index is -0.344. The molecule has 0 atom stereocenters. The molecule has 0 saturated carbocycles. The molecule has 0 aliphatic carbocycles. The molecule has 1 aromatic heterocycles. The fraction of sp³-hybridized carbons (Fsp3) is 0.357. The Bertz CT molecular complexity index is 1310. The standard InChI is InChI=1S/C28H33N7O4S/c1-38-24-23(27(36)34-12-14-35(40-2)15-13-34)31-25(32-26(24)33-16-18-39-19-17-33)20-8-10-22(11-9-20)30-28(37)29-21-6-4-3-5-7-21/h3-11H,12-19H2,1-2H3,(H2,29,30,37). The molecule has 2 aromatic carbocycles. The van der Waals surface area contributed by atoms with E-state index in [0.29, 0.717) is 73.7 Å². The van der Waals surface area contributed by atoms with Gasteiger partial charge in [-0.1, -0.05) is 30.1 Å². The van der Waals surface area contributed by atoms with Gasteiger partial charge in [0.1, 0.15) is 0 Å². The maximum Gasteiger partial charge on any atom is 0.323 e. The Morgan fingerprint density at radius 3 is 2.15 bits per heavy atom. The lowest BCUT2D eigenvalue weighted by Crippen LogP contribution is -2.46. The Hall–Kier alpha value is -3.87. The fourth-order valence-electron chi connectivity index (χ4n) is 4.63. The zero-order valence-electron chi connectivity index (χ0n) is 22.6. The molecule has 0 bridgehead atoms. The van der Waals surface area contributed by atoms with Gasteiger partial charge in [0.25, 0.3) is 5.91 Å². The van der Waals surface area contributed by atoms with Crippen LogP contribution in [0.5, 0.6) is 5.75 Å². The van der Waals surface area contributed by atoms with Crippen LogP contribution in [0.1, 0.15) is 10.5 Å². The van der Waals surface area contributed by atoms with Crippen LogP contribution < -0.4 is 20.3 Å². The molecule has 2 fully saturated rings.